The van der Waals surface area contributed by atoms with Gasteiger partial charge < -0.3 is 4.90 Å². The van der Waals surface area contributed by atoms with Crippen LogP contribution in [0.15, 0.2) is 22.8 Å². The summed E-state index contributed by atoms with van der Waals surface area (Å²) in [6.07, 6.45) is 1.80. The molecule has 0 saturated carbocycles. The van der Waals surface area contributed by atoms with Gasteiger partial charge >= 0.3 is 0 Å². The van der Waals surface area contributed by atoms with Crippen LogP contribution in [0.3, 0.4) is 0 Å². The molecule has 1 amide bonds. The second-order valence-electron chi connectivity index (χ2n) is 5.97. The SMILES string of the molecule is Cc1ccc(-c2cc(C(=O)N3CCCC3c3nonc3C)n[nH]2)s1. The summed E-state index contributed by atoms with van der Waals surface area (Å²) in [5.74, 6) is -0.0873. The molecule has 3 aromatic heterocycles. The molecule has 0 spiro atoms. The molecular weight excluding hydrogens is 326 g/mol. The predicted octanol–water partition coefficient (Wildman–Crippen LogP) is 3.12. The van der Waals surface area contributed by atoms with E-state index in [1.165, 1.54) is 4.88 Å². The lowest BCUT2D eigenvalue weighted by Gasteiger charge is -2.22. The van der Waals surface area contributed by atoms with E-state index < -0.39 is 0 Å². The number of nitrogens with zero attached hydrogens (tertiary/aromatic N) is 4. The van der Waals surface area contributed by atoms with Crippen LogP contribution < -0.4 is 0 Å². The Hall–Kier alpha value is -2.48. The minimum absolute atomic E-state index is 0.0873. The van der Waals surface area contributed by atoms with Crippen LogP contribution in [0.4, 0.5) is 0 Å². The molecule has 7 nitrogen and oxygen atoms in total. The number of likely N-dealkylation sites (tertiary alicyclic amines) is 1. The molecule has 8 heteroatoms. The first-order valence-electron chi connectivity index (χ1n) is 7.85. The summed E-state index contributed by atoms with van der Waals surface area (Å²) in [7, 11) is 0. The molecule has 1 fully saturated rings. The van der Waals surface area contributed by atoms with Crippen LogP contribution in [0.1, 0.15) is 45.6 Å². The molecule has 3 aromatic rings. The van der Waals surface area contributed by atoms with Crippen molar-refractivity contribution < 1.29 is 9.42 Å². The van der Waals surface area contributed by atoms with Crippen molar-refractivity contribution in [1.29, 1.82) is 0 Å². The third kappa shape index (κ3) is 2.52. The first kappa shape index (κ1) is 15.1. The Labute approximate surface area is 142 Å². The summed E-state index contributed by atoms with van der Waals surface area (Å²) >= 11 is 1.67. The van der Waals surface area contributed by atoms with Gasteiger partial charge in [-0.05, 0) is 44.9 Å². The molecule has 24 heavy (non-hydrogen) atoms. The number of aromatic nitrogens is 4. The van der Waals surface area contributed by atoms with Crippen molar-refractivity contribution in [2.45, 2.75) is 32.7 Å². The van der Waals surface area contributed by atoms with Crippen molar-refractivity contribution in [2.75, 3.05) is 6.54 Å². The number of amides is 1. The number of hydrogen-bond acceptors (Lipinski definition) is 6. The molecule has 1 aliphatic rings. The number of carbonyl (C=O) groups is 1. The highest BCUT2D eigenvalue weighted by atomic mass is 32.1. The third-order valence-electron chi connectivity index (χ3n) is 4.32. The van der Waals surface area contributed by atoms with Crippen LogP contribution in [0.25, 0.3) is 10.6 Å². The van der Waals surface area contributed by atoms with E-state index in [-0.39, 0.29) is 11.9 Å². The molecule has 0 radical (unpaired) electrons. The molecule has 0 bridgehead atoms. The third-order valence-corrected chi connectivity index (χ3v) is 5.35. The summed E-state index contributed by atoms with van der Waals surface area (Å²) in [6.45, 7) is 4.59. The summed E-state index contributed by atoms with van der Waals surface area (Å²) in [5, 5.41) is 15.0. The van der Waals surface area contributed by atoms with E-state index in [0.717, 1.165) is 34.8 Å². The average molecular weight is 343 g/mol. The molecule has 4 heterocycles. The van der Waals surface area contributed by atoms with Gasteiger partial charge in [0.2, 0.25) is 0 Å². The summed E-state index contributed by atoms with van der Waals surface area (Å²) < 4.78 is 4.80. The number of thiophene rings is 1. The van der Waals surface area contributed by atoms with Crippen LogP contribution in [0.5, 0.6) is 0 Å². The maximum Gasteiger partial charge on any atom is 0.274 e. The zero-order valence-corrected chi connectivity index (χ0v) is 14.3. The summed E-state index contributed by atoms with van der Waals surface area (Å²) in [5.41, 5.74) is 2.77. The number of hydrogen-bond donors (Lipinski definition) is 1. The normalized spacial score (nSPS) is 17.6. The van der Waals surface area contributed by atoms with Gasteiger partial charge in [0.25, 0.3) is 5.91 Å². The molecular formula is C16H17N5O2S. The maximum absolute atomic E-state index is 12.9. The zero-order valence-electron chi connectivity index (χ0n) is 13.4. The number of rotatable bonds is 3. The van der Waals surface area contributed by atoms with E-state index in [1.54, 1.807) is 11.3 Å². The monoisotopic (exact) mass is 343 g/mol. The Balaban J connectivity index is 1.59. The molecule has 1 N–H and O–H groups in total. The lowest BCUT2D eigenvalue weighted by atomic mass is 10.1. The van der Waals surface area contributed by atoms with E-state index in [4.69, 9.17) is 4.63 Å². The molecule has 1 unspecified atom stereocenters. The van der Waals surface area contributed by atoms with E-state index in [1.807, 2.05) is 24.0 Å². The van der Waals surface area contributed by atoms with Crippen molar-refractivity contribution in [3.05, 3.63) is 40.2 Å². The highest BCUT2D eigenvalue weighted by Crippen LogP contribution is 2.34. The largest absolute Gasteiger partial charge is 0.328 e. The molecule has 0 aromatic carbocycles. The number of aryl methyl sites for hydroxylation is 2. The first-order valence-corrected chi connectivity index (χ1v) is 8.67. The molecule has 1 saturated heterocycles. The smallest absolute Gasteiger partial charge is 0.274 e. The van der Waals surface area contributed by atoms with Crippen LogP contribution in [-0.4, -0.2) is 37.9 Å². The Morgan fingerprint density at radius 3 is 2.96 bits per heavy atom. The van der Waals surface area contributed by atoms with E-state index in [2.05, 4.69) is 33.5 Å². The van der Waals surface area contributed by atoms with Gasteiger partial charge in [0.05, 0.1) is 16.6 Å². The summed E-state index contributed by atoms with van der Waals surface area (Å²) in [4.78, 5) is 17.0. The van der Waals surface area contributed by atoms with Gasteiger partial charge in [0.1, 0.15) is 11.4 Å². The topological polar surface area (TPSA) is 87.9 Å². The Bertz CT molecular complexity index is 881. The number of aromatic amines is 1. The summed E-state index contributed by atoms with van der Waals surface area (Å²) in [6, 6.07) is 5.81. The highest BCUT2D eigenvalue weighted by Gasteiger charge is 2.35. The van der Waals surface area contributed by atoms with Gasteiger partial charge in [0, 0.05) is 11.4 Å². The predicted molar refractivity (Wildman–Crippen MR) is 88.7 cm³/mol. The van der Waals surface area contributed by atoms with Crippen molar-refractivity contribution >= 4 is 17.2 Å². The molecule has 1 atom stereocenters. The van der Waals surface area contributed by atoms with Gasteiger partial charge in [0.15, 0.2) is 5.69 Å². The van der Waals surface area contributed by atoms with E-state index in [0.29, 0.717) is 12.2 Å². The van der Waals surface area contributed by atoms with Crippen LogP contribution in [0.2, 0.25) is 0 Å². The average Bonchev–Trinajstić information content (AvgIpc) is 3.33. The number of carbonyl (C=O) groups excluding carboxylic acids is 1. The molecule has 1 aliphatic heterocycles. The van der Waals surface area contributed by atoms with Crippen LogP contribution >= 0.6 is 11.3 Å². The Kier molecular flexibility index (Phi) is 3.68. The molecule has 124 valence electrons. The van der Waals surface area contributed by atoms with Gasteiger partial charge in [-0.25, -0.2) is 4.63 Å². The molecule has 0 aliphatic carbocycles. The second-order valence-corrected chi connectivity index (χ2v) is 7.26. The fourth-order valence-electron chi connectivity index (χ4n) is 3.12. The minimum Gasteiger partial charge on any atom is -0.328 e. The van der Waals surface area contributed by atoms with Gasteiger partial charge in [-0.3, -0.25) is 9.89 Å². The number of nitrogens with one attached hydrogen (secondary N) is 1. The van der Waals surface area contributed by atoms with Gasteiger partial charge in [-0.15, -0.1) is 11.3 Å². The molecule has 4 rings (SSSR count). The Morgan fingerprint density at radius 1 is 1.38 bits per heavy atom. The lowest BCUT2D eigenvalue weighted by Crippen LogP contribution is -2.31. The second kappa shape index (κ2) is 5.86. The maximum atomic E-state index is 12.9. The highest BCUT2D eigenvalue weighted by molar-refractivity contribution is 7.15. The fraction of sp³-hybridized carbons (Fsp3) is 0.375. The first-order chi connectivity index (χ1) is 11.6. The van der Waals surface area contributed by atoms with Crippen molar-refractivity contribution in [3.8, 4) is 10.6 Å². The fourth-order valence-corrected chi connectivity index (χ4v) is 3.95. The van der Waals surface area contributed by atoms with Crippen LogP contribution in [-0.2, 0) is 0 Å². The van der Waals surface area contributed by atoms with Gasteiger partial charge in [-0.1, -0.05) is 10.3 Å². The van der Waals surface area contributed by atoms with E-state index >= 15 is 0 Å². The van der Waals surface area contributed by atoms with Crippen molar-refractivity contribution in [2.24, 2.45) is 0 Å². The lowest BCUT2D eigenvalue weighted by molar-refractivity contribution is 0.0724. The minimum atomic E-state index is -0.0899. The van der Waals surface area contributed by atoms with Crippen molar-refractivity contribution in [1.82, 2.24) is 25.4 Å². The number of H-pyrrole nitrogens is 1. The standard InChI is InChI=1S/C16H17N5O2S/c1-9-5-6-14(24-9)11-8-12(18-17-11)16(22)21-7-3-4-13(21)15-10(2)19-23-20-15/h5-6,8,13H,3-4,7H2,1-2H3,(H,17,18). The Morgan fingerprint density at radius 2 is 2.25 bits per heavy atom. The quantitative estimate of drug-likeness (QED) is 0.789. The van der Waals surface area contributed by atoms with Gasteiger partial charge in [-0.2, -0.15) is 5.10 Å². The van der Waals surface area contributed by atoms with Crippen molar-refractivity contribution in [3.63, 3.8) is 0 Å². The van der Waals surface area contributed by atoms with E-state index in [9.17, 15) is 4.79 Å². The zero-order chi connectivity index (χ0) is 16.7. The van der Waals surface area contributed by atoms with Crippen LogP contribution in [0, 0.1) is 13.8 Å².